The molecule has 0 fully saturated rings. The lowest BCUT2D eigenvalue weighted by atomic mass is 10.1. The summed E-state index contributed by atoms with van der Waals surface area (Å²) in [4.78, 5) is 22.9. The minimum absolute atomic E-state index is 0.290. The molecule has 0 spiro atoms. The summed E-state index contributed by atoms with van der Waals surface area (Å²) in [5.74, 6) is -0.768. The average Bonchev–Trinajstić information content (AvgIpc) is 2.28. The first-order valence-corrected chi connectivity index (χ1v) is 4.69. The highest BCUT2D eigenvalue weighted by molar-refractivity contribution is 6.05. The van der Waals surface area contributed by atoms with Gasteiger partial charge in [0.1, 0.15) is 0 Å². The summed E-state index contributed by atoms with van der Waals surface area (Å²) in [6.07, 6.45) is 0. The lowest BCUT2D eigenvalue weighted by molar-refractivity contribution is 0.0522. The largest absolute Gasteiger partial charge is 0.462 e. The van der Waals surface area contributed by atoms with Crippen LogP contribution in [0.5, 0.6) is 0 Å². The molecule has 1 N–H and O–H groups in total. The molecule has 0 aliphatic carbocycles. The van der Waals surface area contributed by atoms with Crippen molar-refractivity contribution in [2.75, 3.05) is 13.7 Å². The molecule has 0 aliphatic rings. The van der Waals surface area contributed by atoms with Crippen LogP contribution in [-0.4, -0.2) is 25.5 Å². The summed E-state index contributed by atoms with van der Waals surface area (Å²) < 4.78 is 4.84. The number of amides is 1. The van der Waals surface area contributed by atoms with Crippen molar-refractivity contribution in [2.45, 2.75) is 6.92 Å². The van der Waals surface area contributed by atoms with Crippen LogP contribution in [0, 0.1) is 0 Å². The molecule has 1 rings (SSSR count). The molecule has 15 heavy (non-hydrogen) atoms. The van der Waals surface area contributed by atoms with Gasteiger partial charge in [-0.2, -0.15) is 0 Å². The van der Waals surface area contributed by atoms with Crippen LogP contribution in [0.1, 0.15) is 27.6 Å². The summed E-state index contributed by atoms with van der Waals surface area (Å²) in [7, 11) is 1.52. The molecule has 4 heteroatoms. The standard InChI is InChI=1S/C11H13NO3/c1-3-15-11(14)9-7-5-4-6-8(9)10(13)12-2/h4-7H,3H2,1-2H3,(H,12,13). The molecular weight excluding hydrogens is 194 g/mol. The highest BCUT2D eigenvalue weighted by atomic mass is 16.5. The number of esters is 1. The van der Waals surface area contributed by atoms with Crippen molar-refractivity contribution in [2.24, 2.45) is 0 Å². The molecule has 0 saturated heterocycles. The number of carbonyl (C=O) groups excluding carboxylic acids is 2. The smallest absolute Gasteiger partial charge is 0.338 e. The monoisotopic (exact) mass is 207 g/mol. The molecule has 4 nitrogen and oxygen atoms in total. The Hall–Kier alpha value is -1.84. The second kappa shape index (κ2) is 5.14. The first-order chi connectivity index (χ1) is 7.20. The van der Waals surface area contributed by atoms with Gasteiger partial charge < -0.3 is 10.1 Å². The van der Waals surface area contributed by atoms with Crippen LogP contribution >= 0.6 is 0 Å². The second-order valence-electron chi connectivity index (χ2n) is 2.85. The Morgan fingerprint density at radius 2 is 1.87 bits per heavy atom. The molecule has 1 aromatic rings. The van der Waals surface area contributed by atoms with E-state index in [0.717, 1.165) is 0 Å². The van der Waals surface area contributed by atoms with E-state index in [1.165, 1.54) is 7.05 Å². The first-order valence-electron chi connectivity index (χ1n) is 4.69. The van der Waals surface area contributed by atoms with Crippen molar-refractivity contribution >= 4 is 11.9 Å². The van der Waals surface area contributed by atoms with E-state index >= 15 is 0 Å². The minimum atomic E-state index is -0.475. The molecule has 0 saturated carbocycles. The highest BCUT2D eigenvalue weighted by Gasteiger charge is 2.15. The topological polar surface area (TPSA) is 55.4 Å². The third-order valence-electron chi connectivity index (χ3n) is 1.89. The van der Waals surface area contributed by atoms with Gasteiger partial charge in [0.2, 0.25) is 0 Å². The fraction of sp³-hybridized carbons (Fsp3) is 0.273. The van der Waals surface area contributed by atoms with E-state index in [-0.39, 0.29) is 5.91 Å². The van der Waals surface area contributed by atoms with Gasteiger partial charge in [-0.1, -0.05) is 12.1 Å². The number of rotatable bonds is 3. The third kappa shape index (κ3) is 2.56. The Morgan fingerprint density at radius 3 is 2.40 bits per heavy atom. The van der Waals surface area contributed by atoms with E-state index in [9.17, 15) is 9.59 Å². The van der Waals surface area contributed by atoms with Crippen LogP contribution in [0.15, 0.2) is 24.3 Å². The summed E-state index contributed by atoms with van der Waals surface area (Å²) in [5, 5.41) is 2.47. The van der Waals surface area contributed by atoms with E-state index in [0.29, 0.717) is 17.7 Å². The van der Waals surface area contributed by atoms with Crippen molar-refractivity contribution in [3.63, 3.8) is 0 Å². The maximum atomic E-state index is 11.5. The number of ether oxygens (including phenoxy) is 1. The van der Waals surface area contributed by atoms with Crippen molar-refractivity contribution in [3.8, 4) is 0 Å². The van der Waals surface area contributed by atoms with Crippen LogP contribution in [-0.2, 0) is 4.74 Å². The third-order valence-corrected chi connectivity index (χ3v) is 1.89. The Balaban J connectivity index is 3.06. The predicted molar refractivity (Wildman–Crippen MR) is 55.8 cm³/mol. The molecular formula is C11H13NO3. The molecule has 0 radical (unpaired) electrons. The van der Waals surface area contributed by atoms with Crippen molar-refractivity contribution in [1.82, 2.24) is 5.32 Å². The summed E-state index contributed by atoms with van der Waals surface area (Å²) in [5.41, 5.74) is 0.622. The fourth-order valence-corrected chi connectivity index (χ4v) is 1.20. The minimum Gasteiger partial charge on any atom is -0.462 e. The number of benzene rings is 1. The lowest BCUT2D eigenvalue weighted by Gasteiger charge is -2.06. The average molecular weight is 207 g/mol. The van der Waals surface area contributed by atoms with Gasteiger partial charge in [-0.15, -0.1) is 0 Å². The van der Waals surface area contributed by atoms with Gasteiger partial charge in [-0.25, -0.2) is 4.79 Å². The van der Waals surface area contributed by atoms with Crippen LogP contribution in [0.25, 0.3) is 0 Å². The van der Waals surface area contributed by atoms with E-state index in [1.807, 2.05) is 0 Å². The van der Waals surface area contributed by atoms with Crippen molar-refractivity contribution in [3.05, 3.63) is 35.4 Å². The molecule has 80 valence electrons. The Bertz CT molecular complexity index is 374. The summed E-state index contributed by atoms with van der Waals surface area (Å²) >= 11 is 0. The van der Waals surface area contributed by atoms with Crippen molar-refractivity contribution in [1.29, 1.82) is 0 Å². The maximum absolute atomic E-state index is 11.5. The quantitative estimate of drug-likeness (QED) is 0.758. The zero-order valence-electron chi connectivity index (χ0n) is 8.74. The van der Waals surface area contributed by atoms with Gasteiger partial charge in [0.15, 0.2) is 0 Å². The number of nitrogens with one attached hydrogen (secondary N) is 1. The molecule has 0 atom stereocenters. The number of hydrogen-bond donors (Lipinski definition) is 1. The van der Waals surface area contributed by atoms with Crippen molar-refractivity contribution < 1.29 is 14.3 Å². The number of carbonyl (C=O) groups is 2. The molecule has 0 bridgehead atoms. The number of hydrogen-bond acceptors (Lipinski definition) is 3. The van der Waals surface area contributed by atoms with Crippen LogP contribution < -0.4 is 5.32 Å². The van der Waals surface area contributed by atoms with E-state index in [2.05, 4.69) is 5.32 Å². The Morgan fingerprint density at radius 1 is 1.27 bits per heavy atom. The highest BCUT2D eigenvalue weighted by Crippen LogP contribution is 2.10. The van der Waals surface area contributed by atoms with Gasteiger partial charge in [-0.05, 0) is 19.1 Å². The van der Waals surface area contributed by atoms with Gasteiger partial charge >= 0.3 is 5.97 Å². The first kappa shape index (κ1) is 11.2. The van der Waals surface area contributed by atoms with E-state index in [1.54, 1.807) is 31.2 Å². The summed E-state index contributed by atoms with van der Waals surface area (Å²) in [6, 6.07) is 6.56. The predicted octanol–water partition coefficient (Wildman–Crippen LogP) is 1.22. The van der Waals surface area contributed by atoms with Gasteiger partial charge in [0, 0.05) is 7.05 Å². The Kier molecular flexibility index (Phi) is 3.85. The molecule has 1 amide bonds. The molecule has 0 unspecified atom stereocenters. The Labute approximate surface area is 88.2 Å². The molecule has 0 aromatic heterocycles. The van der Waals surface area contributed by atoms with Gasteiger partial charge in [0.25, 0.3) is 5.91 Å². The van der Waals surface area contributed by atoms with Gasteiger partial charge in [-0.3, -0.25) is 4.79 Å². The lowest BCUT2D eigenvalue weighted by Crippen LogP contribution is -2.21. The van der Waals surface area contributed by atoms with Gasteiger partial charge in [0.05, 0.1) is 17.7 Å². The van der Waals surface area contributed by atoms with E-state index < -0.39 is 5.97 Å². The second-order valence-corrected chi connectivity index (χ2v) is 2.85. The molecule has 1 aromatic carbocycles. The van der Waals surface area contributed by atoms with Crippen LogP contribution in [0.3, 0.4) is 0 Å². The zero-order chi connectivity index (χ0) is 11.3. The van der Waals surface area contributed by atoms with E-state index in [4.69, 9.17) is 4.74 Å². The maximum Gasteiger partial charge on any atom is 0.338 e. The molecule has 0 heterocycles. The van der Waals surface area contributed by atoms with Crippen LogP contribution in [0.4, 0.5) is 0 Å². The normalized spacial score (nSPS) is 9.47. The zero-order valence-corrected chi connectivity index (χ0v) is 8.74. The SMILES string of the molecule is CCOC(=O)c1ccccc1C(=O)NC. The fourth-order valence-electron chi connectivity index (χ4n) is 1.20. The van der Waals surface area contributed by atoms with Crippen LogP contribution in [0.2, 0.25) is 0 Å². The molecule has 0 aliphatic heterocycles. The summed E-state index contributed by atoms with van der Waals surface area (Å²) in [6.45, 7) is 2.02.